The number of amides is 1. The Morgan fingerprint density at radius 3 is 2.50 bits per heavy atom. The van der Waals surface area contributed by atoms with Crippen molar-refractivity contribution in [2.75, 3.05) is 5.75 Å². The van der Waals surface area contributed by atoms with Gasteiger partial charge in [0.05, 0.1) is 27.7 Å². The number of benzene rings is 2. The third kappa shape index (κ3) is 4.25. The number of sulfone groups is 1. The van der Waals surface area contributed by atoms with Crippen LogP contribution in [-0.4, -0.2) is 29.6 Å². The van der Waals surface area contributed by atoms with Gasteiger partial charge in [-0.1, -0.05) is 29.8 Å². The number of carbonyl (C=O) groups excluding carboxylic acids is 1. The summed E-state index contributed by atoms with van der Waals surface area (Å²) in [6, 6.07) is 14.2. The van der Waals surface area contributed by atoms with E-state index in [1.807, 2.05) is 45.0 Å². The van der Waals surface area contributed by atoms with Gasteiger partial charge < -0.3 is 9.88 Å². The summed E-state index contributed by atoms with van der Waals surface area (Å²) >= 11 is 0. The van der Waals surface area contributed by atoms with Gasteiger partial charge in [-0.15, -0.1) is 0 Å². The molecule has 0 bridgehead atoms. The van der Waals surface area contributed by atoms with Gasteiger partial charge in [0, 0.05) is 13.0 Å². The highest BCUT2D eigenvalue weighted by Gasteiger charge is 2.20. The van der Waals surface area contributed by atoms with Gasteiger partial charge >= 0.3 is 0 Å². The Morgan fingerprint density at radius 1 is 1.14 bits per heavy atom. The van der Waals surface area contributed by atoms with Crippen molar-refractivity contribution in [2.45, 2.75) is 44.7 Å². The van der Waals surface area contributed by atoms with E-state index >= 15 is 0 Å². The van der Waals surface area contributed by atoms with Gasteiger partial charge in [-0.25, -0.2) is 13.4 Å². The van der Waals surface area contributed by atoms with E-state index < -0.39 is 9.84 Å². The number of hydrogen-bond acceptors (Lipinski definition) is 4. The highest BCUT2D eigenvalue weighted by molar-refractivity contribution is 7.91. The van der Waals surface area contributed by atoms with E-state index in [0.29, 0.717) is 0 Å². The van der Waals surface area contributed by atoms with Crippen LogP contribution in [0.2, 0.25) is 0 Å². The normalized spacial score (nSPS) is 12.8. The average molecular weight is 400 g/mol. The Kier molecular flexibility index (Phi) is 5.84. The predicted octanol–water partition coefficient (Wildman–Crippen LogP) is 3.41. The fraction of sp³-hybridized carbons (Fsp3) is 0.333. The zero-order valence-electron chi connectivity index (χ0n) is 16.3. The smallest absolute Gasteiger partial charge is 0.221 e. The molecule has 0 aliphatic rings. The Labute approximate surface area is 165 Å². The fourth-order valence-electron chi connectivity index (χ4n) is 3.23. The number of nitrogens with one attached hydrogen (secondary N) is 1. The highest BCUT2D eigenvalue weighted by atomic mass is 32.2. The summed E-state index contributed by atoms with van der Waals surface area (Å²) in [4.78, 5) is 17.2. The SMILES string of the molecule is CCn1c(C(C)NC(=O)CCS(=O)(=O)c2ccc(C)cc2)nc2ccccc21. The minimum Gasteiger partial charge on any atom is -0.346 e. The molecule has 7 heteroatoms. The molecule has 0 saturated carbocycles. The molecule has 0 aliphatic carbocycles. The Hall–Kier alpha value is -2.67. The molecule has 3 rings (SSSR count). The van der Waals surface area contributed by atoms with Gasteiger partial charge in [-0.05, 0) is 45.0 Å². The number of para-hydroxylation sites is 2. The van der Waals surface area contributed by atoms with Crippen molar-refractivity contribution in [3.05, 3.63) is 59.9 Å². The number of hydrogen-bond donors (Lipinski definition) is 1. The summed E-state index contributed by atoms with van der Waals surface area (Å²) in [5.74, 6) is 0.232. The molecule has 1 atom stereocenters. The van der Waals surface area contributed by atoms with Crippen LogP contribution < -0.4 is 5.32 Å². The summed E-state index contributed by atoms with van der Waals surface area (Å²) in [5.41, 5.74) is 2.88. The van der Waals surface area contributed by atoms with Crippen LogP contribution in [0.15, 0.2) is 53.4 Å². The second kappa shape index (κ2) is 8.14. The first-order valence-corrected chi connectivity index (χ1v) is 11.0. The average Bonchev–Trinajstić information content (AvgIpc) is 3.05. The molecule has 6 nitrogen and oxygen atoms in total. The number of fused-ring (bicyclic) bond motifs is 1. The molecule has 0 saturated heterocycles. The standard InChI is InChI=1S/C21H25N3O3S/c1-4-24-19-8-6-5-7-18(19)23-21(24)16(3)22-20(25)13-14-28(26,27)17-11-9-15(2)10-12-17/h5-12,16H,4,13-14H2,1-3H3,(H,22,25). The number of carbonyl (C=O) groups is 1. The minimum atomic E-state index is -3.49. The van der Waals surface area contributed by atoms with E-state index in [9.17, 15) is 13.2 Å². The number of nitrogens with zero attached hydrogens (tertiary/aromatic N) is 2. The third-order valence-electron chi connectivity index (χ3n) is 4.74. The first-order valence-electron chi connectivity index (χ1n) is 9.35. The summed E-state index contributed by atoms with van der Waals surface area (Å²) in [6.45, 7) is 6.52. The van der Waals surface area contributed by atoms with Gasteiger partial charge in [0.2, 0.25) is 5.91 Å². The molecule has 1 aromatic heterocycles. The lowest BCUT2D eigenvalue weighted by Crippen LogP contribution is -2.30. The van der Waals surface area contributed by atoms with Crippen LogP contribution in [0, 0.1) is 6.92 Å². The van der Waals surface area contributed by atoms with Crippen molar-refractivity contribution in [1.29, 1.82) is 0 Å². The Morgan fingerprint density at radius 2 is 1.82 bits per heavy atom. The maximum absolute atomic E-state index is 12.4. The van der Waals surface area contributed by atoms with Crippen LogP contribution in [0.3, 0.4) is 0 Å². The second-order valence-corrected chi connectivity index (χ2v) is 8.98. The van der Waals surface area contributed by atoms with E-state index in [1.54, 1.807) is 24.3 Å². The zero-order chi connectivity index (χ0) is 20.3. The van der Waals surface area contributed by atoms with Crippen molar-refractivity contribution in [1.82, 2.24) is 14.9 Å². The second-order valence-electron chi connectivity index (χ2n) is 6.87. The Balaban J connectivity index is 1.67. The topological polar surface area (TPSA) is 81.1 Å². The van der Waals surface area contributed by atoms with Crippen molar-refractivity contribution in [2.24, 2.45) is 0 Å². The number of aromatic nitrogens is 2. The summed E-state index contributed by atoms with van der Waals surface area (Å²) in [7, 11) is -3.49. The lowest BCUT2D eigenvalue weighted by molar-refractivity contribution is -0.121. The minimum absolute atomic E-state index is 0.0904. The molecule has 28 heavy (non-hydrogen) atoms. The number of imidazole rings is 1. The molecule has 0 aliphatic heterocycles. The van der Waals surface area contributed by atoms with Crippen LogP contribution in [-0.2, 0) is 21.2 Å². The largest absolute Gasteiger partial charge is 0.346 e. The molecule has 3 aromatic rings. The molecule has 0 fully saturated rings. The summed E-state index contributed by atoms with van der Waals surface area (Å²) in [5, 5.41) is 2.88. The van der Waals surface area contributed by atoms with E-state index in [0.717, 1.165) is 29.0 Å². The molecule has 2 aromatic carbocycles. The van der Waals surface area contributed by atoms with E-state index in [-0.39, 0.29) is 29.0 Å². The van der Waals surface area contributed by atoms with Crippen LogP contribution in [0.5, 0.6) is 0 Å². The van der Waals surface area contributed by atoms with Gasteiger partial charge in [0.1, 0.15) is 5.82 Å². The zero-order valence-corrected chi connectivity index (χ0v) is 17.2. The van der Waals surface area contributed by atoms with Gasteiger partial charge in [0.15, 0.2) is 9.84 Å². The number of aryl methyl sites for hydroxylation is 2. The van der Waals surface area contributed by atoms with Crippen molar-refractivity contribution < 1.29 is 13.2 Å². The molecular weight excluding hydrogens is 374 g/mol. The molecule has 1 amide bonds. The molecular formula is C21H25N3O3S. The van der Waals surface area contributed by atoms with Crippen LogP contribution >= 0.6 is 0 Å². The molecule has 0 radical (unpaired) electrons. The Bertz CT molecular complexity index is 1090. The summed E-state index contributed by atoms with van der Waals surface area (Å²) < 4.78 is 26.9. The lowest BCUT2D eigenvalue weighted by atomic mass is 10.2. The van der Waals surface area contributed by atoms with Gasteiger partial charge in [0.25, 0.3) is 0 Å². The van der Waals surface area contributed by atoms with Crippen LogP contribution in [0.25, 0.3) is 11.0 Å². The van der Waals surface area contributed by atoms with Crippen molar-refractivity contribution in [3.63, 3.8) is 0 Å². The maximum atomic E-state index is 12.4. The maximum Gasteiger partial charge on any atom is 0.221 e. The molecule has 148 valence electrons. The van der Waals surface area contributed by atoms with Crippen LogP contribution in [0.4, 0.5) is 0 Å². The first kappa shape index (κ1) is 20.1. The highest BCUT2D eigenvalue weighted by Crippen LogP contribution is 2.21. The fourth-order valence-corrected chi connectivity index (χ4v) is 4.47. The predicted molar refractivity (Wildman–Crippen MR) is 110 cm³/mol. The van der Waals surface area contributed by atoms with Crippen molar-refractivity contribution >= 4 is 26.8 Å². The van der Waals surface area contributed by atoms with E-state index in [4.69, 9.17) is 0 Å². The molecule has 1 heterocycles. The van der Waals surface area contributed by atoms with Crippen LogP contribution in [0.1, 0.15) is 37.7 Å². The lowest BCUT2D eigenvalue weighted by Gasteiger charge is -2.15. The molecule has 1 unspecified atom stereocenters. The summed E-state index contributed by atoms with van der Waals surface area (Å²) in [6.07, 6.45) is -0.0904. The number of rotatable bonds is 7. The van der Waals surface area contributed by atoms with Gasteiger partial charge in [-0.3, -0.25) is 4.79 Å². The molecule has 1 N–H and O–H groups in total. The van der Waals surface area contributed by atoms with E-state index in [1.165, 1.54) is 0 Å². The first-order chi connectivity index (χ1) is 13.3. The van der Waals surface area contributed by atoms with E-state index in [2.05, 4.69) is 14.9 Å². The van der Waals surface area contributed by atoms with Gasteiger partial charge in [-0.2, -0.15) is 0 Å². The van der Waals surface area contributed by atoms with Crippen molar-refractivity contribution in [3.8, 4) is 0 Å². The third-order valence-corrected chi connectivity index (χ3v) is 6.48. The molecule has 0 spiro atoms. The monoisotopic (exact) mass is 399 g/mol. The quantitative estimate of drug-likeness (QED) is 0.660.